The molecule has 19 heavy (non-hydrogen) atoms. The predicted octanol–water partition coefficient (Wildman–Crippen LogP) is 2.52. The van der Waals surface area contributed by atoms with Crippen molar-refractivity contribution in [2.45, 2.75) is 19.4 Å². The molecule has 1 atom stereocenters. The molecule has 5 nitrogen and oxygen atoms in total. The lowest BCUT2D eigenvalue weighted by molar-refractivity contribution is 0.189. The van der Waals surface area contributed by atoms with Gasteiger partial charge in [-0.1, -0.05) is 0 Å². The van der Waals surface area contributed by atoms with Gasteiger partial charge in [0.25, 0.3) is 0 Å². The molecule has 0 saturated carbocycles. The second kappa shape index (κ2) is 5.14. The van der Waals surface area contributed by atoms with Crippen molar-refractivity contribution in [2.24, 2.45) is 0 Å². The quantitative estimate of drug-likeness (QED) is 0.886. The molecule has 1 fully saturated rings. The van der Waals surface area contributed by atoms with E-state index in [2.05, 4.69) is 15.6 Å². The minimum absolute atomic E-state index is 0.116. The van der Waals surface area contributed by atoms with Crippen LogP contribution in [0.1, 0.15) is 11.4 Å². The van der Waals surface area contributed by atoms with Gasteiger partial charge in [-0.15, -0.1) is 11.3 Å². The molecule has 2 amide bonds. The molecule has 1 aromatic carbocycles. The van der Waals surface area contributed by atoms with E-state index >= 15 is 0 Å². The Kier molecular flexibility index (Phi) is 3.35. The number of carbonyl (C=O) groups is 1. The van der Waals surface area contributed by atoms with Crippen molar-refractivity contribution >= 4 is 33.3 Å². The second-order valence-corrected chi connectivity index (χ2v) is 5.81. The van der Waals surface area contributed by atoms with Gasteiger partial charge in [0.2, 0.25) is 0 Å². The molecule has 1 saturated heterocycles. The highest BCUT2D eigenvalue weighted by atomic mass is 32.1. The van der Waals surface area contributed by atoms with Gasteiger partial charge < -0.3 is 15.4 Å². The highest BCUT2D eigenvalue weighted by Crippen LogP contribution is 2.24. The molecule has 0 unspecified atom stereocenters. The first-order valence-electron chi connectivity index (χ1n) is 6.23. The highest BCUT2D eigenvalue weighted by Gasteiger charge is 2.17. The first kappa shape index (κ1) is 12.4. The topological polar surface area (TPSA) is 63.2 Å². The summed E-state index contributed by atoms with van der Waals surface area (Å²) in [6, 6.07) is 5.69. The van der Waals surface area contributed by atoms with Gasteiger partial charge in [-0.3, -0.25) is 0 Å². The number of carbonyl (C=O) groups excluding carboxylic acids is 1. The van der Waals surface area contributed by atoms with Crippen molar-refractivity contribution in [3.63, 3.8) is 0 Å². The molecule has 0 bridgehead atoms. The first-order valence-corrected chi connectivity index (χ1v) is 7.05. The van der Waals surface area contributed by atoms with E-state index in [-0.39, 0.29) is 12.1 Å². The molecule has 3 rings (SSSR count). The first-order chi connectivity index (χ1) is 9.20. The summed E-state index contributed by atoms with van der Waals surface area (Å²) in [5.74, 6) is 0. The van der Waals surface area contributed by atoms with Gasteiger partial charge in [-0.25, -0.2) is 9.78 Å². The zero-order valence-corrected chi connectivity index (χ0v) is 11.4. The Labute approximate surface area is 115 Å². The zero-order chi connectivity index (χ0) is 13.2. The van der Waals surface area contributed by atoms with Gasteiger partial charge in [-0.05, 0) is 31.5 Å². The molecule has 2 aromatic rings. The van der Waals surface area contributed by atoms with E-state index in [0.29, 0.717) is 6.61 Å². The third-order valence-electron chi connectivity index (χ3n) is 3.02. The van der Waals surface area contributed by atoms with E-state index in [1.807, 2.05) is 25.1 Å². The lowest BCUT2D eigenvalue weighted by atomic mass is 10.2. The van der Waals surface area contributed by atoms with Gasteiger partial charge in [0.05, 0.1) is 27.9 Å². The van der Waals surface area contributed by atoms with E-state index in [9.17, 15) is 4.79 Å². The van der Waals surface area contributed by atoms with Crippen LogP contribution >= 0.6 is 11.3 Å². The number of ether oxygens (including phenoxy) is 1. The third kappa shape index (κ3) is 2.85. The number of aromatic nitrogens is 1. The number of nitrogens with zero attached hydrogens (tertiary/aromatic N) is 1. The normalized spacial score (nSPS) is 18.7. The SMILES string of the molecule is Cc1nc2cc(NC(=O)N[C@@H]3CCOC3)ccc2s1. The van der Waals surface area contributed by atoms with Crippen LogP contribution in [-0.4, -0.2) is 30.3 Å². The maximum absolute atomic E-state index is 11.8. The fraction of sp³-hybridized carbons (Fsp3) is 0.385. The summed E-state index contributed by atoms with van der Waals surface area (Å²) in [5, 5.41) is 6.74. The van der Waals surface area contributed by atoms with Crippen LogP contribution in [0.3, 0.4) is 0 Å². The Hall–Kier alpha value is -1.66. The Morgan fingerprint density at radius 1 is 1.53 bits per heavy atom. The monoisotopic (exact) mass is 277 g/mol. The molecule has 1 aliphatic rings. The largest absolute Gasteiger partial charge is 0.379 e. The number of fused-ring (bicyclic) bond motifs is 1. The van der Waals surface area contributed by atoms with E-state index in [1.54, 1.807) is 11.3 Å². The summed E-state index contributed by atoms with van der Waals surface area (Å²) < 4.78 is 6.35. The van der Waals surface area contributed by atoms with E-state index < -0.39 is 0 Å². The van der Waals surface area contributed by atoms with Gasteiger partial charge in [-0.2, -0.15) is 0 Å². The summed E-state index contributed by atoms with van der Waals surface area (Å²) in [4.78, 5) is 16.2. The van der Waals surface area contributed by atoms with Gasteiger partial charge in [0.15, 0.2) is 0 Å². The summed E-state index contributed by atoms with van der Waals surface area (Å²) in [6.07, 6.45) is 0.873. The van der Waals surface area contributed by atoms with Crippen LogP contribution in [0.4, 0.5) is 10.5 Å². The zero-order valence-electron chi connectivity index (χ0n) is 10.6. The van der Waals surface area contributed by atoms with Crippen LogP contribution in [0.5, 0.6) is 0 Å². The van der Waals surface area contributed by atoms with Crippen molar-refractivity contribution in [1.29, 1.82) is 0 Å². The number of hydrogen-bond acceptors (Lipinski definition) is 4. The molecular formula is C13H15N3O2S. The fourth-order valence-electron chi connectivity index (χ4n) is 2.12. The lowest BCUT2D eigenvalue weighted by Crippen LogP contribution is -2.38. The third-order valence-corrected chi connectivity index (χ3v) is 3.97. The van der Waals surface area contributed by atoms with E-state index in [4.69, 9.17) is 4.74 Å². The van der Waals surface area contributed by atoms with Crippen molar-refractivity contribution in [3.8, 4) is 0 Å². The van der Waals surface area contributed by atoms with Gasteiger partial charge in [0, 0.05) is 12.3 Å². The van der Waals surface area contributed by atoms with Crippen LogP contribution in [0.2, 0.25) is 0 Å². The van der Waals surface area contributed by atoms with Crippen molar-refractivity contribution < 1.29 is 9.53 Å². The molecule has 6 heteroatoms. The maximum Gasteiger partial charge on any atom is 0.319 e. The Balaban J connectivity index is 1.68. The molecule has 0 aliphatic carbocycles. The van der Waals surface area contributed by atoms with Gasteiger partial charge >= 0.3 is 6.03 Å². The minimum Gasteiger partial charge on any atom is -0.379 e. The highest BCUT2D eigenvalue weighted by molar-refractivity contribution is 7.18. The lowest BCUT2D eigenvalue weighted by Gasteiger charge is -2.11. The molecule has 2 N–H and O–H groups in total. The second-order valence-electron chi connectivity index (χ2n) is 4.57. The smallest absolute Gasteiger partial charge is 0.319 e. The van der Waals surface area contributed by atoms with Gasteiger partial charge in [0.1, 0.15) is 0 Å². The number of aryl methyl sites for hydroxylation is 1. The Morgan fingerprint density at radius 2 is 2.42 bits per heavy atom. The van der Waals surface area contributed by atoms with Crippen LogP contribution in [0.15, 0.2) is 18.2 Å². The summed E-state index contributed by atoms with van der Waals surface area (Å²) >= 11 is 1.65. The molecular weight excluding hydrogens is 262 g/mol. The van der Waals surface area contributed by atoms with E-state index in [1.165, 1.54) is 0 Å². The Bertz CT molecular complexity index is 605. The standard InChI is InChI=1S/C13H15N3O2S/c1-8-14-11-6-9(2-3-12(11)19-8)15-13(17)16-10-4-5-18-7-10/h2-3,6,10H,4-5,7H2,1H3,(H2,15,16,17)/t10-/m1/s1. The maximum atomic E-state index is 11.8. The number of nitrogens with one attached hydrogen (secondary N) is 2. The molecule has 0 radical (unpaired) electrons. The van der Waals surface area contributed by atoms with Crippen LogP contribution in [0.25, 0.3) is 10.2 Å². The van der Waals surface area contributed by atoms with E-state index in [0.717, 1.165) is 33.9 Å². The van der Waals surface area contributed by atoms with Crippen molar-refractivity contribution in [1.82, 2.24) is 10.3 Å². The van der Waals surface area contributed by atoms with Crippen molar-refractivity contribution in [2.75, 3.05) is 18.5 Å². The van der Waals surface area contributed by atoms with Crippen LogP contribution in [0, 0.1) is 6.92 Å². The number of thiazole rings is 1. The minimum atomic E-state index is -0.193. The number of urea groups is 1. The number of benzene rings is 1. The van der Waals surface area contributed by atoms with Crippen molar-refractivity contribution in [3.05, 3.63) is 23.2 Å². The predicted molar refractivity (Wildman–Crippen MR) is 75.7 cm³/mol. The summed E-state index contributed by atoms with van der Waals surface area (Å²) in [6.45, 7) is 3.29. The molecule has 2 heterocycles. The number of anilines is 1. The molecule has 1 aliphatic heterocycles. The number of rotatable bonds is 2. The summed E-state index contributed by atoms with van der Waals surface area (Å²) in [7, 11) is 0. The molecule has 0 spiro atoms. The average Bonchev–Trinajstić information content (AvgIpc) is 2.96. The molecule has 1 aromatic heterocycles. The number of hydrogen-bond donors (Lipinski definition) is 2. The van der Waals surface area contributed by atoms with Crippen LogP contribution < -0.4 is 10.6 Å². The fourth-order valence-corrected chi connectivity index (χ4v) is 2.93. The molecule has 100 valence electrons. The van der Waals surface area contributed by atoms with Crippen LogP contribution in [-0.2, 0) is 4.74 Å². The average molecular weight is 277 g/mol. The number of amides is 2. The Morgan fingerprint density at radius 3 is 3.21 bits per heavy atom. The summed E-state index contributed by atoms with van der Waals surface area (Å²) in [5.41, 5.74) is 1.68.